The molecule has 5 nitrogen and oxygen atoms in total. The van der Waals surface area contributed by atoms with E-state index in [9.17, 15) is 4.79 Å². The van der Waals surface area contributed by atoms with Gasteiger partial charge in [-0.3, -0.25) is 9.69 Å². The molecule has 1 aromatic carbocycles. The van der Waals surface area contributed by atoms with E-state index in [1.807, 2.05) is 0 Å². The molecule has 5 heteroatoms. The van der Waals surface area contributed by atoms with Crippen molar-refractivity contribution in [2.45, 2.75) is 79.3 Å². The topological polar surface area (TPSA) is 58.1 Å². The smallest absolute Gasteiger partial charge is 0.231 e. The van der Waals surface area contributed by atoms with Gasteiger partial charge in [-0.25, -0.2) is 9.97 Å². The minimum Gasteiger partial charge on any atom is -0.310 e. The number of carbonyl (C=O) groups is 1. The Labute approximate surface area is 209 Å². The molecule has 2 fully saturated rings. The molecule has 0 saturated heterocycles. The van der Waals surface area contributed by atoms with E-state index in [2.05, 4.69) is 84.3 Å². The van der Waals surface area contributed by atoms with Crippen LogP contribution in [0.25, 0.3) is 0 Å². The number of amides is 1. The number of aromatic nitrogens is 2. The van der Waals surface area contributed by atoms with Crippen molar-refractivity contribution in [3.8, 4) is 0 Å². The number of fused-ring (bicyclic) bond motifs is 1. The van der Waals surface area contributed by atoms with Crippen LogP contribution in [0.3, 0.4) is 0 Å². The number of nitrogens with zero attached hydrogens (tertiary/aromatic N) is 3. The number of allylic oxidation sites excluding steroid dienone is 2. The summed E-state index contributed by atoms with van der Waals surface area (Å²) in [4.78, 5) is 25.5. The van der Waals surface area contributed by atoms with Crippen molar-refractivity contribution in [3.05, 3.63) is 65.1 Å². The quantitative estimate of drug-likeness (QED) is 0.552. The third kappa shape index (κ3) is 3.83. The van der Waals surface area contributed by atoms with E-state index < -0.39 is 5.41 Å². The third-order valence-electron chi connectivity index (χ3n) is 9.57. The highest BCUT2D eigenvalue weighted by molar-refractivity contribution is 5.95. The molecule has 0 spiro atoms. The maximum atomic E-state index is 13.9. The van der Waals surface area contributed by atoms with Crippen LogP contribution in [0.4, 0.5) is 5.82 Å². The Morgan fingerprint density at radius 1 is 1.09 bits per heavy atom. The molecule has 0 radical (unpaired) electrons. The first kappa shape index (κ1) is 22.9. The van der Waals surface area contributed by atoms with Crippen LogP contribution < -0.4 is 5.32 Å². The van der Waals surface area contributed by atoms with Crippen LogP contribution in [0.15, 0.2) is 48.3 Å². The van der Waals surface area contributed by atoms with Gasteiger partial charge in [0.25, 0.3) is 0 Å². The monoisotopic (exact) mass is 470 g/mol. The molecule has 1 N–H and O–H groups in total. The van der Waals surface area contributed by atoms with E-state index in [1.54, 1.807) is 11.9 Å². The zero-order valence-corrected chi connectivity index (χ0v) is 21.7. The Balaban J connectivity index is 1.22. The van der Waals surface area contributed by atoms with Crippen molar-refractivity contribution < 1.29 is 4.79 Å². The van der Waals surface area contributed by atoms with Gasteiger partial charge in [-0.05, 0) is 60.3 Å². The predicted molar refractivity (Wildman–Crippen MR) is 139 cm³/mol. The third-order valence-corrected chi connectivity index (χ3v) is 9.57. The van der Waals surface area contributed by atoms with E-state index >= 15 is 0 Å². The van der Waals surface area contributed by atoms with E-state index in [0.717, 1.165) is 56.6 Å². The summed E-state index contributed by atoms with van der Waals surface area (Å²) in [6.07, 6.45) is 10.8. The van der Waals surface area contributed by atoms with Crippen LogP contribution in [-0.2, 0) is 24.3 Å². The second-order valence-corrected chi connectivity index (χ2v) is 13.1. The van der Waals surface area contributed by atoms with Crippen LogP contribution in [0.1, 0.15) is 76.6 Å². The first-order valence-corrected chi connectivity index (χ1v) is 13.2. The van der Waals surface area contributed by atoms with Gasteiger partial charge >= 0.3 is 0 Å². The standard InChI is InChI=1S/C30H38N4O/c1-27(2,30-14-22-12-28(3,18-30)17-29(4,13-22)19-30)26(35)33-25-23-10-11-34(16-24(23)31-20-32-25)15-21-8-6-5-7-9-21/h5-9,12,20H,10-11,13-19H2,1-4H3,(H,31,32,33,35). The fraction of sp³-hybridized carbons (Fsp3) is 0.567. The molecular weight excluding hydrogens is 432 g/mol. The lowest BCUT2D eigenvalue weighted by Gasteiger charge is -2.65. The maximum absolute atomic E-state index is 13.9. The molecule has 35 heavy (non-hydrogen) atoms. The molecule has 4 aliphatic carbocycles. The SMILES string of the molecule is CC12C=C3CC(C)(C1)CC(C(C)(C)C(=O)Nc1ncnc4c1CCN(Cc1ccccc1)C4)(C3)C2. The van der Waals surface area contributed by atoms with Gasteiger partial charge in [0, 0.05) is 30.6 Å². The molecule has 2 heterocycles. The minimum absolute atomic E-state index is 0.0146. The molecule has 3 unspecified atom stereocenters. The van der Waals surface area contributed by atoms with Crippen molar-refractivity contribution in [1.82, 2.24) is 14.9 Å². The van der Waals surface area contributed by atoms with Gasteiger partial charge in [0.15, 0.2) is 0 Å². The fourth-order valence-electron chi connectivity index (χ4n) is 8.41. The summed E-state index contributed by atoms with van der Waals surface area (Å²) in [6.45, 7) is 11.9. The highest BCUT2D eigenvalue weighted by Gasteiger charge is 2.63. The summed E-state index contributed by atoms with van der Waals surface area (Å²) < 4.78 is 0. The van der Waals surface area contributed by atoms with Gasteiger partial charge in [-0.2, -0.15) is 0 Å². The zero-order chi connectivity index (χ0) is 24.5. The second-order valence-electron chi connectivity index (χ2n) is 13.1. The summed E-state index contributed by atoms with van der Waals surface area (Å²) in [5, 5.41) is 3.30. The van der Waals surface area contributed by atoms with E-state index in [0.29, 0.717) is 11.2 Å². The highest BCUT2D eigenvalue weighted by Crippen LogP contribution is 2.71. The summed E-state index contributed by atoms with van der Waals surface area (Å²) in [5.41, 5.74) is 5.13. The first-order valence-electron chi connectivity index (χ1n) is 13.2. The van der Waals surface area contributed by atoms with Crippen LogP contribution in [0.2, 0.25) is 0 Å². The lowest BCUT2D eigenvalue weighted by Crippen LogP contribution is -2.58. The van der Waals surface area contributed by atoms with E-state index in [1.165, 1.54) is 18.4 Å². The largest absolute Gasteiger partial charge is 0.310 e. The van der Waals surface area contributed by atoms with Crippen molar-refractivity contribution in [1.29, 1.82) is 0 Å². The van der Waals surface area contributed by atoms with Gasteiger partial charge < -0.3 is 5.32 Å². The maximum Gasteiger partial charge on any atom is 0.231 e. The second kappa shape index (κ2) is 7.73. The Morgan fingerprint density at radius 3 is 2.63 bits per heavy atom. The molecule has 1 aromatic heterocycles. The molecule has 1 amide bonds. The number of nitrogens with one attached hydrogen (secondary N) is 1. The average Bonchev–Trinajstić information content (AvgIpc) is 2.77. The van der Waals surface area contributed by atoms with Crippen LogP contribution in [0, 0.1) is 21.7 Å². The molecule has 1 aliphatic heterocycles. The van der Waals surface area contributed by atoms with Crippen molar-refractivity contribution in [2.24, 2.45) is 21.7 Å². The van der Waals surface area contributed by atoms with Gasteiger partial charge in [-0.15, -0.1) is 0 Å². The Morgan fingerprint density at radius 2 is 1.89 bits per heavy atom. The van der Waals surface area contributed by atoms with Gasteiger partial charge in [0.2, 0.25) is 5.91 Å². The number of hydrogen-bond donors (Lipinski definition) is 1. The Hall–Kier alpha value is -2.53. The highest BCUT2D eigenvalue weighted by atomic mass is 16.2. The number of benzene rings is 1. The van der Waals surface area contributed by atoms with Gasteiger partial charge in [0.1, 0.15) is 12.1 Å². The Kier molecular flexibility index (Phi) is 5.06. The van der Waals surface area contributed by atoms with Crippen LogP contribution in [0.5, 0.6) is 0 Å². The molecule has 7 rings (SSSR count). The van der Waals surface area contributed by atoms with Crippen molar-refractivity contribution >= 4 is 11.7 Å². The lowest BCUT2D eigenvalue weighted by atomic mass is 9.39. The van der Waals surface area contributed by atoms with Gasteiger partial charge in [-0.1, -0.05) is 69.7 Å². The zero-order valence-electron chi connectivity index (χ0n) is 21.7. The average molecular weight is 471 g/mol. The number of rotatable bonds is 5. The summed E-state index contributed by atoms with van der Waals surface area (Å²) in [5.74, 6) is 0.827. The molecule has 2 saturated carbocycles. The summed E-state index contributed by atoms with van der Waals surface area (Å²) >= 11 is 0. The summed E-state index contributed by atoms with van der Waals surface area (Å²) in [7, 11) is 0. The van der Waals surface area contributed by atoms with Crippen molar-refractivity contribution in [2.75, 3.05) is 11.9 Å². The molecule has 184 valence electrons. The molecule has 2 aromatic rings. The number of hydrogen-bond acceptors (Lipinski definition) is 4. The predicted octanol–water partition coefficient (Wildman–Crippen LogP) is 5.92. The normalized spacial score (nSPS) is 31.7. The van der Waals surface area contributed by atoms with Crippen LogP contribution >= 0.6 is 0 Å². The minimum atomic E-state index is -0.471. The Bertz CT molecular complexity index is 1200. The molecule has 3 atom stereocenters. The van der Waals surface area contributed by atoms with Gasteiger partial charge in [0.05, 0.1) is 5.69 Å². The molecule has 4 bridgehead atoms. The van der Waals surface area contributed by atoms with Crippen LogP contribution in [-0.4, -0.2) is 27.3 Å². The molecular formula is C30H38N4O. The fourth-order valence-corrected chi connectivity index (χ4v) is 8.41. The summed E-state index contributed by atoms with van der Waals surface area (Å²) in [6, 6.07) is 10.6. The van der Waals surface area contributed by atoms with E-state index in [4.69, 9.17) is 0 Å². The van der Waals surface area contributed by atoms with Crippen molar-refractivity contribution in [3.63, 3.8) is 0 Å². The first-order chi connectivity index (χ1) is 16.6. The molecule has 5 aliphatic rings. The number of carbonyl (C=O) groups excluding carboxylic acids is 1. The van der Waals surface area contributed by atoms with E-state index in [-0.39, 0.29) is 16.7 Å². The number of anilines is 1. The lowest BCUT2D eigenvalue weighted by molar-refractivity contribution is -0.147.